The average molecular weight is 383 g/mol. The van der Waals surface area contributed by atoms with Crippen LogP contribution in [0.15, 0.2) is 30.3 Å². The number of rotatable bonds is 2. The number of amides is 1. The van der Waals surface area contributed by atoms with Crippen molar-refractivity contribution in [2.75, 3.05) is 23.0 Å². The Bertz CT molecular complexity index is 904. The van der Waals surface area contributed by atoms with Gasteiger partial charge in [-0.15, -0.1) is 11.8 Å². The third kappa shape index (κ3) is 2.98. The Balaban J connectivity index is 1.56. The third-order valence-corrected chi connectivity index (χ3v) is 7.46. The van der Waals surface area contributed by atoms with E-state index >= 15 is 0 Å². The van der Waals surface area contributed by atoms with Crippen LogP contribution in [0.5, 0.6) is 5.75 Å². The molecule has 0 aliphatic carbocycles. The van der Waals surface area contributed by atoms with Crippen LogP contribution in [0.3, 0.4) is 0 Å². The number of aryl methyl sites for hydroxylation is 3. The van der Waals surface area contributed by atoms with Crippen LogP contribution in [0, 0.1) is 20.8 Å². The van der Waals surface area contributed by atoms with E-state index in [9.17, 15) is 4.79 Å². The van der Waals surface area contributed by atoms with Gasteiger partial charge in [0, 0.05) is 23.8 Å². The zero-order valence-corrected chi connectivity index (χ0v) is 17.4. The molecule has 0 spiro atoms. The lowest BCUT2D eigenvalue weighted by molar-refractivity contribution is 0.215. The summed E-state index contributed by atoms with van der Waals surface area (Å²) in [6, 6.07) is 10.1. The van der Waals surface area contributed by atoms with Crippen LogP contribution < -0.4 is 15.0 Å². The molecule has 2 aromatic carbocycles. The van der Waals surface area contributed by atoms with E-state index < -0.39 is 6.09 Å². The number of carbonyl (C=O) groups excluding carboxylic acids is 1. The molecular formula is C22H26N2O2S. The first-order valence-corrected chi connectivity index (χ1v) is 10.4. The summed E-state index contributed by atoms with van der Waals surface area (Å²) in [7, 11) is 2.16. The Morgan fingerprint density at radius 1 is 1.22 bits per heavy atom. The fourth-order valence-corrected chi connectivity index (χ4v) is 6.29. The highest BCUT2D eigenvalue weighted by molar-refractivity contribution is 8.00. The highest BCUT2D eigenvalue weighted by Gasteiger charge is 2.50. The van der Waals surface area contributed by atoms with E-state index in [1.807, 2.05) is 37.7 Å². The molecular weight excluding hydrogens is 356 g/mol. The number of benzene rings is 2. The smallest absolute Gasteiger partial charge is 0.410 e. The van der Waals surface area contributed by atoms with Gasteiger partial charge in [0.15, 0.2) is 0 Å². The van der Waals surface area contributed by atoms with Gasteiger partial charge < -0.3 is 9.64 Å². The van der Waals surface area contributed by atoms with Crippen LogP contribution in [-0.2, 0) is 5.41 Å². The molecule has 2 aliphatic heterocycles. The first kappa shape index (κ1) is 18.2. The number of nitrogens with zero attached hydrogens (tertiary/aromatic N) is 1. The fourth-order valence-electron chi connectivity index (χ4n) is 4.58. The molecule has 1 unspecified atom stereocenters. The molecule has 1 N–H and O–H groups in total. The van der Waals surface area contributed by atoms with Gasteiger partial charge in [-0.3, -0.25) is 5.32 Å². The lowest BCUT2D eigenvalue weighted by atomic mass is 9.82. The molecule has 2 aliphatic rings. The normalized spacial score (nSPS) is 23.1. The minimum absolute atomic E-state index is 0.120. The maximum absolute atomic E-state index is 12.5. The van der Waals surface area contributed by atoms with Crippen molar-refractivity contribution >= 4 is 29.2 Å². The van der Waals surface area contributed by atoms with Crippen LogP contribution >= 0.6 is 11.8 Å². The molecule has 27 heavy (non-hydrogen) atoms. The first-order chi connectivity index (χ1) is 12.8. The number of carbonyl (C=O) groups is 1. The molecule has 0 radical (unpaired) electrons. The van der Waals surface area contributed by atoms with Crippen LogP contribution in [0.2, 0.25) is 0 Å². The van der Waals surface area contributed by atoms with Gasteiger partial charge in [-0.2, -0.15) is 0 Å². The van der Waals surface area contributed by atoms with Gasteiger partial charge in [0.1, 0.15) is 5.75 Å². The second-order valence-corrected chi connectivity index (χ2v) is 9.16. The molecule has 2 atom stereocenters. The summed E-state index contributed by atoms with van der Waals surface area (Å²) in [4.78, 5) is 14.9. The highest BCUT2D eigenvalue weighted by Crippen LogP contribution is 2.55. The second-order valence-electron chi connectivity index (χ2n) is 7.97. The fraction of sp³-hybridized carbons (Fsp3) is 0.409. The maximum Gasteiger partial charge on any atom is 0.417 e. The molecule has 4 nitrogen and oxygen atoms in total. The Morgan fingerprint density at radius 2 is 1.93 bits per heavy atom. The van der Waals surface area contributed by atoms with Crippen molar-refractivity contribution in [3.63, 3.8) is 0 Å². The Hall–Kier alpha value is -2.14. The largest absolute Gasteiger partial charge is 0.417 e. The van der Waals surface area contributed by atoms with Crippen molar-refractivity contribution < 1.29 is 9.53 Å². The zero-order valence-electron chi connectivity index (χ0n) is 16.6. The van der Waals surface area contributed by atoms with Crippen LogP contribution in [0.25, 0.3) is 0 Å². The predicted octanol–water partition coefficient (Wildman–Crippen LogP) is 5.39. The Morgan fingerprint density at radius 3 is 2.63 bits per heavy atom. The van der Waals surface area contributed by atoms with Gasteiger partial charge in [-0.05, 0) is 67.8 Å². The maximum atomic E-state index is 12.5. The molecule has 1 saturated heterocycles. The molecule has 0 bridgehead atoms. The van der Waals surface area contributed by atoms with Crippen LogP contribution in [-0.4, -0.2) is 24.3 Å². The van der Waals surface area contributed by atoms with Gasteiger partial charge in [-0.1, -0.05) is 24.6 Å². The highest BCUT2D eigenvalue weighted by atomic mass is 32.2. The average Bonchev–Trinajstić information content (AvgIpc) is 3.08. The van der Waals surface area contributed by atoms with E-state index in [2.05, 4.69) is 49.3 Å². The lowest BCUT2D eigenvalue weighted by Crippen LogP contribution is -2.34. The zero-order chi connectivity index (χ0) is 19.3. The number of ether oxygens (including phenoxy) is 1. The molecule has 1 fully saturated rings. The lowest BCUT2D eigenvalue weighted by Gasteiger charge is -2.27. The van der Waals surface area contributed by atoms with E-state index in [1.54, 1.807) is 0 Å². The Kier molecular flexibility index (Phi) is 4.38. The molecule has 4 rings (SSSR count). The monoisotopic (exact) mass is 382 g/mol. The summed E-state index contributed by atoms with van der Waals surface area (Å²) in [5.41, 5.74) is 6.74. The molecule has 0 saturated carbocycles. The summed E-state index contributed by atoms with van der Waals surface area (Å²) in [6.07, 6.45) is 0.704. The standard InChI is InChI=1S/C22H26N2O2S/c1-13-10-14(2)19(15(3)11-13)23-21(25)26-16-6-7-18-17(12-16)22(4)8-9-27-20(22)24(18)5/h6-7,10-12,20H,8-9H2,1-5H3,(H,23,25)/t20?,22-/m0/s1. The van der Waals surface area contributed by atoms with E-state index in [0.717, 1.165) is 23.2 Å². The van der Waals surface area contributed by atoms with Crippen LogP contribution in [0.1, 0.15) is 35.6 Å². The molecule has 1 amide bonds. The molecule has 5 heteroatoms. The number of likely N-dealkylation sites (N-methyl/N-ethyl adjacent to an activating group) is 1. The first-order valence-electron chi connectivity index (χ1n) is 9.35. The van der Waals surface area contributed by atoms with Gasteiger partial charge in [-0.25, -0.2) is 4.79 Å². The summed E-state index contributed by atoms with van der Waals surface area (Å²) in [5.74, 6) is 1.77. The van der Waals surface area contributed by atoms with E-state index in [1.165, 1.54) is 22.6 Å². The number of hydrogen-bond acceptors (Lipinski definition) is 4. The quantitative estimate of drug-likeness (QED) is 0.756. The second kappa shape index (κ2) is 6.48. The van der Waals surface area contributed by atoms with Crippen molar-refractivity contribution in [3.8, 4) is 5.75 Å². The van der Waals surface area contributed by atoms with Gasteiger partial charge in [0.25, 0.3) is 0 Å². The van der Waals surface area contributed by atoms with Crippen molar-refractivity contribution in [2.45, 2.75) is 44.9 Å². The topological polar surface area (TPSA) is 41.6 Å². The SMILES string of the molecule is Cc1cc(C)c(NC(=O)Oc2ccc3c(c2)[C@]2(C)CCSC2N3C)c(C)c1. The van der Waals surface area contributed by atoms with Gasteiger partial charge in [0.05, 0.1) is 5.37 Å². The van der Waals surface area contributed by atoms with E-state index in [0.29, 0.717) is 11.1 Å². The predicted molar refractivity (Wildman–Crippen MR) is 113 cm³/mol. The van der Waals surface area contributed by atoms with Gasteiger partial charge in [0.2, 0.25) is 0 Å². The number of hydrogen-bond donors (Lipinski definition) is 1. The molecule has 2 aromatic rings. The molecule has 142 valence electrons. The minimum Gasteiger partial charge on any atom is -0.410 e. The molecule has 2 heterocycles. The molecule has 0 aromatic heterocycles. The van der Waals surface area contributed by atoms with Crippen LogP contribution in [0.4, 0.5) is 16.2 Å². The summed E-state index contributed by atoms with van der Waals surface area (Å²) < 4.78 is 5.64. The van der Waals surface area contributed by atoms with Crippen molar-refractivity contribution in [1.82, 2.24) is 0 Å². The third-order valence-electron chi connectivity index (χ3n) is 5.87. The summed E-state index contributed by atoms with van der Waals surface area (Å²) >= 11 is 2.01. The summed E-state index contributed by atoms with van der Waals surface area (Å²) in [5, 5.41) is 3.38. The van der Waals surface area contributed by atoms with E-state index in [4.69, 9.17) is 4.74 Å². The van der Waals surface area contributed by atoms with Crippen molar-refractivity contribution in [3.05, 3.63) is 52.6 Å². The Labute approximate surface area is 165 Å². The minimum atomic E-state index is -0.446. The van der Waals surface area contributed by atoms with Gasteiger partial charge >= 0.3 is 6.09 Å². The summed E-state index contributed by atoms with van der Waals surface area (Å²) in [6.45, 7) is 8.38. The number of anilines is 2. The number of fused-ring (bicyclic) bond motifs is 3. The van der Waals surface area contributed by atoms with E-state index in [-0.39, 0.29) is 5.41 Å². The van der Waals surface area contributed by atoms with Crippen molar-refractivity contribution in [2.24, 2.45) is 0 Å². The number of nitrogens with one attached hydrogen (secondary N) is 1. The van der Waals surface area contributed by atoms with Crippen molar-refractivity contribution in [1.29, 1.82) is 0 Å². The number of thioether (sulfide) groups is 1.